The average molecular weight is 235 g/mol. The van der Waals surface area contributed by atoms with Crippen molar-refractivity contribution < 1.29 is 0 Å². The maximum Gasteiger partial charge on any atom is 0.328 e. The van der Waals surface area contributed by atoms with Crippen LogP contribution in [0, 0.1) is 0 Å². The molecule has 90 valence electrons. The highest BCUT2D eigenvalue weighted by Gasteiger charge is 2.06. The standard InChI is InChI=1S/C10H13N5O2/c1-3-15-6-8(12-13-15)4-7-5-14(2)10(17)11-9(7)16/h5-6H,3-4H2,1-2H3,(H,11,16,17). The lowest BCUT2D eigenvalue weighted by molar-refractivity contribution is 0.626. The molecule has 0 aromatic carbocycles. The van der Waals surface area contributed by atoms with Gasteiger partial charge in [-0.2, -0.15) is 0 Å². The molecule has 0 saturated carbocycles. The third kappa shape index (κ3) is 2.32. The highest BCUT2D eigenvalue weighted by molar-refractivity contribution is 5.13. The molecule has 0 aliphatic rings. The smallest absolute Gasteiger partial charge is 0.303 e. The van der Waals surface area contributed by atoms with Gasteiger partial charge in [0.15, 0.2) is 0 Å². The van der Waals surface area contributed by atoms with Crippen molar-refractivity contribution >= 4 is 0 Å². The Labute approximate surface area is 96.7 Å². The molecule has 0 atom stereocenters. The fourth-order valence-electron chi connectivity index (χ4n) is 1.51. The van der Waals surface area contributed by atoms with E-state index >= 15 is 0 Å². The van der Waals surface area contributed by atoms with Crippen molar-refractivity contribution in [1.82, 2.24) is 24.5 Å². The van der Waals surface area contributed by atoms with Gasteiger partial charge in [-0.05, 0) is 6.92 Å². The van der Waals surface area contributed by atoms with Gasteiger partial charge < -0.3 is 4.57 Å². The zero-order valence-electron chi connectivity index (χ0n) is 9.67. The van der Waals surface area contributed by atoms with Crippen molar-refractivity contribution in [3.05, 3.63) is 44.5 Å². The van der Waals surface area contributed by atoms with Gasteiger partial charge in [-0.15, -0.1) is 5.10 Å². The van der Waals surface area contributed by atoms with Crippen LogP contribution in [0.2, 0.25) is 0 Å². The number of hydrogen-bond acceptors (Lipinski definition) is 4. The molecule has 0 bridgehead atoms. The first kappa shape index (κ1) is 11.3. The highest BCUT2D eigenvalue weighted by Crippen LogP contribution is 2.00. The van der Waals surface area contributed by atoms with E-state index in [1.54, 1.807) is 17.9 Å². The zero-order chi connectivity index (χ0) is 12.4. The Morgan fingerprint density at radius 2 is 2.12 bits per heavy atom. The number of H-pyrrole nitrogens is 1. The summed E-state index contributed by atoms with van der Waals surface area (Å²) in [5.74, 6) is 0. The molecular weight excluding hydrogens is 222 g/mol. The molecule has 1 N–H and O–H groups in total. The number of hydrogen-bond donors (Lipinski definition) is 1. The lowest BCUT2D eigenvalue weighted by Gasteiger charge is -1.99. The number of nitrogens with zero attached hydrogens (tertiary/aromatic N) is 4. The summed E-state index contributed by atoms with van der Waals surface area (Å²) in [6.45, 7) is 2.69. The molecule has 0 fully saturated rings. The number of aromatic amines is 1. The fourth-order valence-corrected chi connectivity index (χ4v) is 1.51. The monoisotopic (exact) mass is 235 g/mol. The number of aryl methyl sites for hydroxylation is 2. The van der Waals surface area contributed by atoms with E-state index in [9.17, 15) is 9.59 Å². The van der Waals surface area contributed by atoms with Crippen molar-refractivity contribution in [1.29, 1.82) is 0 Å². The van der Waals surface area contributed by atoms with Gasteiger partial charge in [0.1, 0.15) is 0 Å². The average Bonchev–Trinajstić information content (AvgIpc) is 2.73. The minimum Gasteiger partial charge on any atom is -0.303 e. The minimum atomic E-state index is -0.420. The molecule has 2 rings (SSSR count). The van der Waals surface area contributed by atoms with Gasteiger partial charge >= 0.3 is 5.69 Å². The Kier molecular flexibility index (Phi) is 2.90. The van der Waals surface area contributed by atoms with Gasteiger partial charge in [0, 0.05) is 38.0 Å². The van der Waals surface area contributed by atoms with Crippen molar-refractivity contribution in [2.75, 3.05) is 0 Å². The molecule has 17 heavy (non-hydrogen) atoms. The van der Waals surface area contributed by atoms with Crippen molar-refractivity contribution in [2.45, 2.75) is 19.9 Å². The Balaban J connectivity index is 2.33. The summed E-state index contributed by atoms with van der Waals surface area (Å²) in [6.07, 6.45) is 3.67. The van der Waals surface area contributed by atoms with Crippen LogP contribution in [0.3, 0.4) is 0 Å². The zero-order valence-corrected chi connectivity index (χ0v) is 9.67. The topological polar surface area (TPSA) is 85.6 Å². The third-order valence-electron chi connectivity index (χ3n) is 2.46. The van der Waals surface area contributed by atoms with Crippen LogP contribution in [0.5, 0.6) is 0 Å². The number of aromatic nitrogens is 5. The lowest BCUT2D eigenvalue weighted by Crippen LogP contribution is -2.30. The molecule has 0 amide bonds. The molecule has 7 heteroatoms. The highest BCUT2D eigenvalue weighted by atomic mass is 16.2. The largest absolute Gasteiger partial charge is 0.328 e. The Hall–Kier alpha value is -2.18. The van der Waals surface area contributed by atoms with Crippen LogP contribution in [0.25, 0.3) is 0 Å². The molecule has 0 aliphatic heterocycles. The lowest BCUT2D eigenvalue weighted by atomic mass is 10.2. The van der Waals surface area contributed by atoms with Crippen molar-refractivity contribution in [3.8, 4) is 0 Å². The fraction of sp³-hybridized carbons (Fsp3) is 0.400. The van der Waals surface area contributed by atoms with Gasteiger partial charge in [0.05, 0.1) is 5.69 Å². The van der Waals surface area contributed by atoms with Crippen LogP contribution in [0.4, 0.5) is 0 Å². The van der Waals surface area contributed by atoms with E-state index in [2.05, 4.69) is 15.3 Å². The Morgan fingerprint density at radius 1 is 1.35 bits per heavy atom. The van der Waals surface area contributed by atoms with Crippen LogP contribution < -0.4 is 11.2 Å². The summed E-state index contributed by atoms with van der Waals surface area (Å²) in [7, 11) is 1.59. The second-order valence-electron chi connectivity index (χ2n) is 3.77. The summed E-state index contributed by atoms with van der Waals surface area (Å²) in [6, 6.07) is 0. The minimum absolute atomic E-state index is 0.365. The molecule has 0 aliphatic carbocycles. The van der Waals surface area contributed by atoms with Crippen molar-refractivity contribution in [3.63, 3.8) is 0 Å². The molecule has 2 heterocycles. The molecule has 0 unspecified atom stereocenters. The summed E-state index contributed by atoms with van der Waals surface area (Å²) in [4.78, 5) is 25.0. The quantitative estimate of drug-likeness (QED) is 0.760. The molecule has 2 aromatic heterocycles. The SMILES string of the molecule is CCn1cc(Cc2cn(C)c(=O)[nH]c2=O)nn1. The van der Waals surface area contributed by atoms with Gasteiger partial charge in [0.25, 0.3) is 5.56 Å². The van der Waals surface area contributed by atoms with Crippen LogP contribution in [0.1, 0.15) is 18.2 Å². The first-order valence-corrected chi connectivity index (χ1v) is 5.28. The van der Waals surface area contributed by atoms with Gasteiger partial charge in [0.2, 0.25) is 0 Å². The molecule has 0 saturated heterocycles. The normalized spacial score (nSPS) is 10.7. The summed E-state index contributed by atoms with van der Waals surface area (Å²) in [5, 5.41) is 7.83. The Bertz CT molecular complexity index is 637. The molecule has 7 nitrogen and oxygen atoms in total. The predicted octanol–water partition coefficient (Wildman–Crippen LogP) is -0.724. The molecule has 0 spiro atoms. The van der Waals surface area contributed by atoms with E-state index in [4.69, 9.17) is 0 Å². The van der Waals surface area contributed by atoms with Crippen molar-refractivity contribution in [2.24, 2.45) is 7.05 Å². The van der Waals surface area contributed by atoms with Crippen LogP contribution in [-0.4, -0.2) is 24.5 Å². The van der Waals surface area contributed by atoms with E-state index < -0.39 is 5.69 Å². The van der Waals surface area contributed by atoms with Gasteiger partial charge in [-0.25, -0.2) is 4.79 Å². The summed E-state index contributed by atoms with van der Waals surface area (Å²) >= 11 is 0. The van der Waals surface area contributed by atoms with Crippen LogP contribution >= 0.6 is 0 Å². The van der Waals surface area contributed by atoms with E-state index in [1.165, 1.54) is 10.8 Å². The van der Waals surface area contributed by atoms with E-state index in [0.717, 1.165) is 6.54 Å². The van der Waals surface area contributed by atoms with Gasteiger partial charge in [-0.1, -0.05) is 5.21 Å². The first-order chi connectivity index (χ1) is 8.10. The van der Waals surface area contributed by atoms with Crippen LogP contribution in [-0.2, 0) is 20.0 Å². The van der Waals surface area contributed by atoms with Gasteiger partial charge in [-0.3, -0.25) is 14.5 Å². The maximum atomic E-state index is 11.5. The Morgan fingerprint density at radius 3 is 2.76 bits per heavy atom. The van der Waals surface area contributed by atoms with Crippen LogP contribution in [0.15, 0.2) is 22.0 Å². The summed E-state index contributed by atoms with van der Waals surface area (Å²) < 4.78 is 3.02. The number of rotatable bonds is 3. The second kappa shape index (κ2) is 4.36. The maximum absolute atomic E-state index is 11.5. The molecular formula is C10H13N5O2. The summed E-state index contributed by atoms with van der Waals surface area (Å²) in [5.41, 5.74) is 0.404. The van der Waals surface area contributed by atoms with E-state index in [-0.39, 0.29) is 5.56 Å². The molecule has 0 radical (unpaired) electrons. The second-order valence-corrected chi connectivity index (χ2v) is 3.77. The van der Waals surface area contributed by atoms with E-state index in [0.29, 0.717) is 17.7 Å². The molecule has 2 aromatic rings. The first-order valence-electron chi connectivity index (χ1n) is 5.28. The number of nitrogens with one attached hydrogen (secondary N) is 1. The third-order valence-corrected chi connectivity index (χ3v) is 2.46. The predicted molar refractivity (Wildman–Crippen MR) is 60.8 cm³/mol. The van der Waals surface area contributed by atoms with E-state index in [1.807, 2.05) is 6.92 Å².